The van der Waals surface area contributed by atoms with Crippen LogP contribution in [-0.4, -0.2) is 23.9 Å². The van der Waals surface area contributed by atoms with Crippen LogP contribution in [0.15, 0.2) is 42.5 Å². The van der Waals surface area contributed by atoms with Crippen LogP contribution in [0.4, 0.5) is 16.2 Å². The van der Waals surface area contributed by atoms with Crippen LogP contribution < -0.4 is 10.6 Å². The Morgan fingerprint density at radius 1 is 1.00 bits per heavy atom. The van der Waals surface area contributed by atoms with Gasteiger partial charge in [-0.05, 0) is 35.9 Å². The van der Waals surface area contributed by atoms with Crippen molar-refractivity contribution in [3.05, 3.63) is 58.1 Å². The molecule has 0 spiro atoms. The van der Waals surface area contributed by atoms with Gasteiger partial charge in [0.2, 0.25) is 5.91 Å². The first-order chi connectivity index (χ1) is 12.3. The second kappa shape index (κ2) is 8.92. The molecule has 0 saturated heterocycles. The minimum absolute atomic E-state index is 0.0556. The maximum Gasteiger partial charge on any atom is 0.321 e. The van der Waals surface area contributed by atoms with Gasteiger partial charge in [0.05, 0.1) is 10.0 Å². The first-order valence-corrected chi connectivity index (χ1v) is 8.89. The van der Waals surface area contributed by atoms with E-state index in [9.17, 15) is 9.59 Å². The van der Waals surface area contributed by atoms with Crippen molar-refractivity contribution < 1.29 is 9.59 Å². The molecule has 3 amide bonds. The van der Waals surface area contributed by atoms with Crippen molar-refractivity contribution in [3.8, 4) is 0 Å². The van der Waals surface area contributed by atoms with Crippen molar-refractivity contribution >= 4 is 46.5 Å². The monoisotopic (exact) mass is 393 g/mol. The number of nitrogens with zero attached hydrogens (tertiary/aromatic N) is 1. The predicted molar refractivity (Wildman–Crippen MR) is 107 cm³/mol. The zero-order chi connectivity index (χ0) is 19.3. The minimum Gasteiger partial charge on any atom is -0.326 e. The Labute approximate surface area is 163 Å². The normalized spacial score (nSPS) is 10.5. The number of amides is 3. The van der Waals surface area contributed by atoms with Crippen molar-refractivity contribution in [2.75, 3.05) is 17.7 Å². The number of halogens is 2. The quantitative estimate of drug-likeness (QED) is 0.728. The van der Waals surface area contributed by atoms with Crippen molar-refractivity contribution in [1.82, 2.24) is 4.90 Å². The van der Waals surface area contributed by atoms with Gasteiger partial charge in [0.1, 0.15) is 0 Å². The van der Waals surface area contributed by atoms with E-state index >= 15 is 0 Å². The molecule has 2 N–H and O–H groups in total. The fraction of sp³-hybridized carbons (Fsp3) is 0.263. The highest BCUT2D eigenvalue weighted by Crippen LogP contribution is 2.26. The average Bonchev–Trinajstić information content (AvgIpc) is 2.60. The first-order valence-electron chi connectivity index (χ1n) is 8.14. The summed E-state index contributed by atoms with van der Waals surface area (Å²) in [6.07, 6.45) is 0. The molecular weight excluding hydrogens is 373 g/mol. The third kappa shape index (κ3) is 5.38. The van der Waals surface area contributed by atoms with Crippen LogP contribution in [0, 0.1) is 5.92 Å². The standard InChI is InChI=1S/C19H21Cl2N3O2/c1-12(2)18(25)22-14-7-9-15(10-8-14)23-19(26)24(3)11-13-5-4-6-16(20)17(13)21/h4-10,12H,11H2,1-3H3,(H,22,25)(H,23,26). The zero-order valence-corrected chi connectivity index (χ0v) is 16.4. The molecular formula is C19H21Cl2N3O2. The van der Waals surface area contributed by atoms with Gasteiger partial charge in [0.25, 0.3) is 0 Å². The summed E-state index contributed by atoms with van der Waals surface area (Å²) in [6, 6.07) is 12.0. The Morgan fingerprint density at radius 3 is 2.15 bits per heavy atom. The average molecular weight is 394 g/mol. The summed E-state index contributed by atoms with van der Waals surface area (Å²) < 4.78 is 0. The lowest BCUT2D eigenvalue weighted by atomic mass is 10.2. The van der Waals surface area contributed by atoms with Gasteiger partial charge in [0.15, 0.2) is 0 Å². The highest BCUT2D eigenvalue weighted by atomic mass is 35.5. The van der Waals surface area contributed by atoms with Gasteiger partial charge < -0.3 is 15.5 Å². The lowest BCUT2D eigenvalue weighted by Crippen LogP contribution is -2.30. The third-order valence-corrected chi connectivity index (χ3v) is 4.57. The molecule has 0 unspecified atom stereocenters. The number of urea groups is 1. The van der Waals surface area contributed by atoms with Crippen molar-refractivity contribution in [2.24, 2.45) is 5.92 Å². The van der Waals surface area contributed by atoms with Gasteiger partial charge in [-0.25, -0.2) is 4.79 Å². The van der Waals surface area contributed by atoms with Crippen LogP contribution >= 0.6 is 23.2 Å². The van der Waals surface area contributed by atoms with Crippen molar-refractivity contribution in [1.29, 1.82) is 0 Å². The maximum atomic E-state index is 12.3. The van der Waals surface area contributed by atoms with E-state index in [1.807, 2.05) is 19.9 Å². The SMILES string of the molecule is CC(C)C(=O)Nc1ccc(NC(=O)N(C)Cc2cccc(Cl)c2Cl)cc1. The van der Waals surface area contributed by atoms with Crippen LogP contribution in [0.5, 0.6) is 0 Å². The largest absolute Gasteiger partial charge is 0.326 e. The summed E-state index contributed by atoms with van der Waals surface area (Å²) in [7, 11) is 1.67. The number of carbonyl (C=O) groups excluding carboxylic acids is 2. The molecule has 7 heteroatoms. The predicted octanol–water partition coefficient (Wildman–Crippen LogP) is 5.25. The molecule has 0 radical (unpaired) electrons. The van der Waals surface area contributed by atoms with Crippen LogP contribution in [0.2, 0.25) is 10.0 Å². The number of nitrogens with one attached hydrogen (secondary N) is 2. The van der Waals surface area contributed by atoms with Crippen molar-refractivity contribution in [3.63, 3.8) is 0 Å². The summed E-state index contributed by atoms with van der Waals surface area (Å²) >= 11 is 12.2. The summed E-state index contributed by atoms with van der Waals surface area (Å²) in [5.74, 6) is -0.152. The van der Waals surface area contributed by atoms with E-state index in [-0.39, 0.29) is 17.9 Å². The second-order valence-corrected chi connectivity index (χ2v) is 7.01. The highest BCUT2D eigenvalue weighted by Gasteiger charge is 2.13. The second-order valence-electron chi connectivity index (χ2n) is 6.22. The van der Waals surface area contributed by atoms with Gasteiger partial charge >= 0.3 is 6.03 Å². The maximum absolute atomic E-state index is 12.3. The molecule has 0 aliphatic rings. The Bertz CT molecular complexity index is 792. The number of hydrogen-bond donors (Lipinski definition) is 2. The van der Waals surface area contributed by atoms with E-state index < -0.39 is 0 Å². The lowest BCUT2D eigenvalue weighted by molar-refractivity contribution is -0.118. The molecule has 0 aliphatic carbocycles. The molecule has 0 heterocycles. The van der Waals surface area contributed by atoms with Gasteiger partial charge in [0, 0.05) is 30.9 Å². The van der Waals surface area contributed by atoms with E-state index in [2.05, 4.69) is 10.6 Å². The topological polar surface area (TPSA) is 61.4 Å². The Morgan fingerprint density at radius 2 is 1.58 bits per heavy atom. The van der Waals surface area contributed by atoms with E-state index in [0.717, 1.165) is 5.56 Å². The van der Waals surface area contributed by atoms with Crippen LogP contribution in [-0.2, 0) is 11.3 Å². The Kier molecular flexibility index (Phi) is 6.89. The molecule has 26 heavy (non-hydrogen) atoms. The van der Waals surface area contributed by atoms with Crippen LogP contribution in [0.3, 0.4) is 0 Å². The zero-order valence-electron chi connectivity index (χ0n) is 14.8. The summed E-state index contributed by atoms with van der Waals surface area (Å²) in [4.78, 5) is 25.5. The smallest absolute Gasteiger partial charge is 0.321 e. The number of rotatable bonds is 5. The molecule has 2 aromatic rings. The van der Waals surface area contributed by atoms with Crippen molar-refractivity contribution in [2.45, 2.75) is 20.4 Å². The van der Waals surface area contributed by atoms with E-state index in [0.29, 0.717) is 28.0 Å². The molecule has 0 bridgehead atoms. The molecule has 0 aromatic heterocycles. The molecule has 0 atom stereocenters. The summed E-state index contributed by atoms with van der Waals surface area (Å²) in [6.45, 7) is 3.98. The van der Waals surface area contributed by atoms with Crippen LogP contribution in [0.1, 0.15) is 19.4 Å². The number of hydrogen-bond acceptors (Lipinski definition) is 2. The fourth-order valence-electron chi connectivity index (χ4n) is 2.14. The number of carbonyl (C=O) groups is 2. The molecule has 2 aromatic carbocycles. The van der Waals surface area contributed by atoms with E-state index in [1.165, 1.54) is 4.90 Å². The minimum atomic E-state index is -0.278. The molecule has 2 rings (SSSR count). The fourth-order valence-corrected chi connectivity index (χ4v) is 2.52. The summed E-state index contributed by atoms with van der Waals surface area (Å²) in [5, 5.41) is 6.50. The third-order valence-electron chi connectivity index (χ3n) is 3.71. The lowest BCUT2D eigenvalue weighted by Gasteiger charge is -2.19. The molecule has 5 nitrogen and oxygen atoms in total. The van der Waals surface area contributed by atoms with Crippen LogP contribution in [0.25, 0.3) is 0 Å². The van der Waals surface area contributed by atoms with Gasteiger partial charge in [-0.15, -0.1) is 0 Å². The Hall–Kier alpha value is -2.24. The Balaban J connectivity index is 1.96. The molecule has 0 saturated carbocycles. The number of anilines is 2. The van der Waals surface area contributed by atoms with Gasteiger partial charge in [-0.2, -0.15) is 0 Å². The van der Waals surface area contributed by atoms with E-state index in [1.54, 1.807) is 43.4 Å². The molecule has 0 aliphatic heterocycles. The van der Waals surface area contributed by atoms with Gasteiger partial charge in [-0.1, -0.05) is 49.2 Å². The first kappa shape index (κ1) is 20.1. The summed E-state index contributed by atoms with van der Waals surface area (Å²) in [5.41, 5.74) is 2.07. The molecule has 0 fully saturated rings. The number of benzene rings is 2. The molecule has 138 valence electrons. The van der Waals surface area contributed by atoms with E-state index in [4.69, 9.17) is 23.2 Å². The highest BCUT2D eigenvalue weighted by molar-refractivity contribution is 6.42. The van der Waals surface area contributed by atoms with Gasteiger partial charge in [-0.3, -0.25) is 4.79 Å².